The molecule has 0 aliphatic heterocycles. The second kappa shape index (κ2) is 7.12. The number of allylic oxidation sites excluding steroid dienone is 2. The molecule has 2 rings (SSSR count). The maximum absolute atomic E-state index is 9.56. The Morgan fingerprint density at radius 2 is 1.81 bits per heavy atom. The zero-order valence-corrected chi connectivity index (χ0v) is 12.1. The molecule has 2 aromatic rings. The van der Waals surface area contributed by atoms with Crippen molar-refractivity contribution in [3.63, 3.8) is 0 Å². The Hall–Kier alpha value is -2.79. The van der Waals surface area contributed by atoms with Crippen LogP contribution in [0.5, 0.6) is 0 Å². The number of rotatable bonds is 5. The first-order chi connectivity index (χ1) is 10.3. The van der Waals surface area contributed by atoms with Gasteiger partial charge in [0.25, 0.3) is 0 Å². The molecule has 0 aliphatic carbocycles. The van der Waals surface area contributed by atoms with E-state index in [1.54, 1.807) is 6.20 Å². The minimum absolute atomic E-state index is 0.712. The second-order valence-corrected chi connectivity index (χ2v) is 4.82. The van der Waals surface area contributed by atoms with E-state index < -0.39 is 0 Å². The Labute approximate surface area is 126 Å². The summed E-state index contributed by atoms with van der Waals surface area (Å²) < 4.78 is 0. The Bertz CT molecular complexity index is 691. The normalized spacial score (nSPS) is 11.2. The lowest BCUT2D eigenvalue weighted by atomic mass is 9.96. The molecule has 1 N–H and O–H groups in total. The Kier molecular flexibility index (Phi) is 4.95. The van der Waals surface area contributed by atoms with Gasteiger partial charge in [-0.15, -0.1) is 0 Å². The molecule has 2 aromatic carbocycles. The summed E-state index contributed by atoms with van der Waals surface area (Å²) in [5.41, 5.74) is 4.78. The van der Waals surface area contributed by atoms with Crippen molar-refractivity contribution in [3.8, 4) is 6.07 Å². The summed E-state index contributed by atoms with van der Waals surface area (Å²) in [6.07, 6.45) is 2.40. The van der Waals surface area contributed by atoms with E-state index in [1.807, 2.05) is 49.4 Å². The molecule has 104 valence electrons. The lowest BCUT2D eigenvalue weighted by Crippen LogP contribution is -1.96. The van der Waals surface area contributed by atoms with Crippen LogP contribution in [-0.4, -0.2) is 0 Å². The maximum Gasteiger partial charge on any atom is 0.0998 e. The van der Waals surface area contributed by atoms with Crippen LogP contribution in [0.25, 0.3) is 5.57 Å². The largest absolute Gasteiger partial charge is 0.362 e. The van der Waals surface area contributed by atoms with Crippen LogP contribution in [0.15, 0.2) is 72.9 Å². The summed E-state index contributed by atoms with van der Waals surface area (Å²) in [7, 11) is 0. The van der Waals surface area contributed by atoms with E-state index in [2.05, 4.69) is 30.1 Å². The van der Waals surface area contributed by atoms with E-state index in [9.17, 15) is 5.26 Å². The van der Waals surface area contributed by atoms with Gasteiger partial charge in [0, 0.05) is 11.3 Å². The monoisotopic (exact) mass is 274 g/mol. The van der Waals surface area contributed by atoms with Crippen molar-refractivity contribution >= 4 is 11.3 Å². The molecule has 0 amide bonds. The first kappa shape index (κ1) is 14.6. The summed E-state index contributed by atoms with van der Waals surface area (Å²) in [5, 5.41) is 12.6. The lowest BCUT2D eigenvalue weighted by Gasteiger charge is -2.11. The predicted octanol–water partition coefficient (Wildman–Crippen LogP) is 4.78. The highest BCUT2D eigenvalue weighted by atomic mass is 14.8. The van der Waals surface area contributed by atoms with Crippen molar-refractivity contribution in [2.45, 2.75) is 13.3 Å². The van der Waals surface area contributed by atoms with Gasteiger partial charge in [0.1, 0.15) is 0 Å². The van der Waals surface area contributed by atoms with E-state index in [4.69, 9.17) is 0 Å². The van der Waals surface area contributed by atoms with Gasteiger partial charge in [-0.3, -0.25) is 0 Å². The van der Waals surface area contributed by atoms with Gasteiger partial charge in [-0.05, 0) is 31.2 Å². The fourth-order valence-electron chi connectivity index (χ4n) is 2.31. The zero-order valence-electron chi connectivity index (χ0n) is 12.1. The third kappa shape index (κ3) is 3.61. The number of nitrogens with zero attached hydrogens (tertiary/aromatic N) is 1. The van der Waals surface area contributed by atoms with Crippen molar-refractivity contribution in [2.75, 3.05) is 5.32 Å². The molecule has 0 aliphatic rings. The van der Waals surface area contributed by atoms with Gasteiger partial charge in [-0.25, -0.2) is 0 Å². The summed E-state index contributed by atoms with van der Waals surface area (Å²) in [4.78, 5) is 0. The Morgan fingerprint density at radius 1 is 1.14 bits per heavy atom. The molecular formula is C19H18N2. The van der Waals surface area contributed by atoms with Gasteiger partial charge in [0.05, 0.1) is 11.6 Å². The molecule has 0 heterocycles. The van der Waals surface area contributed by atoms with E-state index in [0.717, 1.165) is 23.2 Å². The average molecular weight is 274 g/mol. The van der Waals surface area contributed by atoms with E-state index in [1.165, 1.54) is 5.56 Å². The van der Waals surface area contributed by atoms with Crippen LogP contribution in [0.2, 0.25) is 0 Å². The number of para-hydroxylation sites is 1. The molecule has 21 heavy (non-hydrogen) atoms. The quantitative estimate of drug-likeness (QED) is 0.796. The van der Waals surface area contributed by atoms with Crippen molar-refractivity contribution in [1.82, 2.24) is 0 Å². The molecule has 0 unspecified atom stereocenters. The van der Waals surface area contributed by atoms with Crippen molar-refractivity contribution in [1.29, 1.82) is 5.26 Å². The fourth-order valence-corrected chi connectivity index (χ4v) is 2.31. The minimum Gasteiger partial charge on any atom is -0.362 e. The van der Waals surface area contributed by atoms with Crippen LogP contribution in [0, 0.1) is 11.3 Å². The number of hydrogen-bond acceptors (Lipinski definition) is 2. The standard InChI is InChI=1S/C19H18N2/c1-3-21-19-12-8-7-11-17(19)18(14-20)15(2)13-16-9-5-4-6-10-16/h3-12,21H,1,13H2,2H3/b18-15+. The topological polar surface area (TPSA) is 35.8 Å². The van der Waals surface area contributed by atoms with Crippen LogP contribution in [-0.2, 0) is 6.42 Å². The summed E-state index contributed by atoms with van der Waals surface area (Å²) in [6.45, 7) is 5.69. The van der Waals surface area contributed by atoms with Crippen molar-refractivity contribution in [3.05, 3.63) is 84.1 Å². The van der Waals surface area contributed by atoms with Crippen LogP contribution in [0.3, 0.4) is 0 Å². The molecule has 0 radical (unpaired) electrons. The minimum atomic E-state index is 0.712. The lowest BCUT2D eigenvalue weighted by molar-refractivity contribution is 1.15. The predicted molar refractivity (Wildman–Crippen MR) is 88.6 cm³/mol. The fraction of sp³-hybridized carbons (Fsp3) is 0.105. The molecule has 0 aromatic heterocycles. The molecule has 0 fully saturated rings. The average Bonchev–Trinajstić information content (AvgIpc) is 2.51. The van der Waals surface area contributed by atoms with Gasteiger partial charge in [0.2, 0.25) is 0 Å². The molecule has 2 heteroatoms. The summed E-state index contributed by atoms with van der Waals surface area (Å²) in [6, 6.07) is 20.3. The summed E-state index contributed by atoms with van der Waals surface area (Å²) in [5.74, 6) is 0. The van der Waals surface area contributed by atoms with Gasteiger partial charge >= 0.3 is 0 Å². The molecule has 0 spiro atoms. The van der Waals surface area contributed by atoms with E-state index >= 15 is 0 Å². The third-order valence-electron chi connectivity index (χ3n) is 3.30. The first-order valence-corrected chi connectivity index (χ1v) is 6.87. The van der Waals surface area contributed by atoms with Crippen molar-refractivity contribution < 1.29 is 0 Å². The van der Waals surface area contributed by atoms with Crippen LogP contribution in [0.1, 0.15) is 18.1 Å². The highest BCUT2D eigenvalue weighted by Crippen LogP contribution is 2.27. The summed E-state index contributed by atoms with van der Waals surface area (Å²) >= 11 is 0. The Morgan fingerprint density at radius 3 is 2.48 bits per heavy atom. The van der Waals surface area contributed by atoms with Crippen LogP contribution < -0.4 is 5.32 Å². The van der Waals surface area contributed by atoms with Gasteiger partial charge in [-0.1, -0.05) is 60.7 Å². The number of hydrogen-bond donors (Lipinski definition) is 1. The molecule has 0 saturated heterocycles. The Balaban J connectivity index is 2.41. The molecule has 0 bridgehead atoms. The maximum atomic E-state index is 9.56. The molecule has 0 atom stereocenters. The second-order valence-electron chi connectivity index (χ2n) is 4.82. The van der Waals surface area contributed by atoms with Crippen molar-refractivity contribution in [2.24, 2.45) is 0 Å². The number of nitrogens with one attached hydrogen (secondary N) is 1. The van der Waals surface area contributed by atoms with Gasteiger partial charge in [-0.2, -0.15) is 5.26 Å². The van der Waals surface area contributed by atoms with Gasteiger partial charge < -0.3 is 5.32 Å². The number of benzene rings is 2. The first-order valence-electron chi connectivity index (χ1n) is 6.87. The molecule has 0 saturated carbocycles. The van der Waals surface area contributed by atoms with E-state index in [0.29, 0.717) is 5.57 Å². The number of anilines is 1. The smallest absolute Gasteiger partial charge is 0.0998 e. The SMILES string of the molecule is C=CNc1ccccc1/C(C#N)=C(\C)Cc1ccccc1. The van der Waals surface area contributed by atoms with Crippen LogP contribution in [0.4, 0.5) is 5.69 Å². The molecular weight excluding hydrogens is 256 g/mol. The van der Waals surface area contributed by atoms with E-state index in [-0.39, 0.29) is 0 Å². The van der Waals surface area contributed by atoms with Crippen LogP contribution >= 0.6 is 0 Å². The number of nitriles is 1. The zero-order chi connectivity index (χ0) is 15.1. The highest BCUT2D eigenvalue weighted by molar-refractivity contribution is 5.86. The van der Waals surface area contributed by atoms with Gasteiger partial charge in [0.15, 0.2) is 0 Å². The highest BCUT2D eigenvalue weighted by Gasteiger charge is 2.10. The molecule has 2 nitrogen and oxygen atoms in total. The third-order valence-corrected chi connectivity index (χ3v) is 3.30.